The molecule has 0 atom stereocenters. The molecule has 18 heavy (non-hydrogen) atoms. The normalized spacial score (nSPS) is 11.7. The van der Waals surface area contributed by atoms with Crippen LogP contribution in [-0.4, -0.2) is 25.0 Å². The fourth-order valence-corrected chi connectivity index (χ4v) is 3.09. The Labute approximate surface area is 116 Å². The first-order chi connectivity index (χ1) is 8.52. The lowest BCUT2D eigenvalue weighted by atomic mass is 10.2. The van der Waals surface area contributed by atoms with E-state index in [1.54, 1.807) is 0 Å². The van der Waals surface area contributed by atoms with Crippen LogP contribution in [0.25, 0.3) is 0 Å². The van der Waals surface area contributed by atoms with Gasteiger partial charge < -0.3 is 10.2 Å². The van der Waals surface area contributed by atoms with Crippen LogP contribution in [-0.2, 0) is 13.1 Å². The van der Waals surface area contributed by atoms with Gasteiger partial charge in [-0.15, -0.1) is 11.3 Å². The molecule has 0 saturated carbocycles. The fraction of sp³-hybridized carbons (Fsp3) is 0.733. The van der Waals surface area contributed by atoms with E-state index in [-0.39, 0.29) is 0 Å². The van der Waals surface area contributed by atoms with Gasteiger partial charge in [0, 0.05) is 22.8 Å². The Hall–Kier alpha value is -0.380. The molecular weight excluding hydrogens is 240 g/mol. The maximum Gasteiger partial charge on any atom is 0.0300 e. The van der Waals surface area contributed by atoms with Gasteiger partial charge in [-0.3, -0.25) is 0 Å². The maximum atomic E-state index is 3.52. The van der Waals surface area contributed by atoms with Crippen LogP contribution in [0.1, 0.15) is 42.5 Å². The zero-order valence-corrected chi connectivity index (χ0v) is 13.4. The van der Waals surface area contributed by atoms with Crippen molar-refractivity contribution in [2.24, 2.45) is 5.92 Å². The molecule has 0 aliphatic heterocycles. The highest BCUT2D eigenvalue weighted by atomic mass is 32.1. The van der Waals surface area contributed by atoms with Crippen molar-refractivity contribution < 1.29 is 0 Å². The Balaban J connectivity index is 2.48. The third kappa shape index (κ3) is 5.51. The summed E-state index contributed by atoms with van der Waals surface area (Å²) in [6, 6.07) is 2.37. The summed E-state index contributed by atoms with van der Waals surface area (Å²) >= 11 is 1.94. The van der Waals surface area contributed by atoms with Gasteiger partial charge >= 0.3 is 0 Å². The molecule has 0 spiro atoms. The van der Waals surface area contributed by atoms with Crippen molar-refractivity contribution in [3.05, 3.63) is 21.4 Å². The molecule has 0 fully saturated rings. The van der Waals surface area contributed by atoms with Crippen LogP contribution in [0.5, 0.6) is 0 Å². The predicted octanol–water partition coefficient (Wildman–Crippen LogP) is 3.64. The van der Waals surface area contributed by atoms with E-state index < -0.39 is 0 Å². The molecule has 0 bridgehead atoms. The molecule has 3 heteroatoms. The molecular formula is C15H28N2S. The SMILES string of the molecule is CCCN(C)Cc1cc(CNCC(C)C)sc1C. The zero-order chi connectivity index (χ0) is 13.5. The third-order valence-electron chi connectivity index (χ3n) is 2.97. The van der Waals surface area contributed by atoms with Gasteiger partial charge in [0.05, 0.1) is 0 Å². The van der Waals surface area contributed by atoms with E-state index >= 15 is 0 Å². The van der Waals surface area contributed by atoms with Crippen LogP contribution in [0.15, 0.2) is 6.07 Å². The monoisotopic (exact) mass is 268 g/mol. The smallest absolute Gasteiger partial charge is 0.0300 e. The van der Waals surface area contributed by atoms with Gasteiger partial charge in [0.2, 0.25) is 0 Å². The van der Waals surface area contributed by atoms with E-state index in [1.807, 2.05) is 11.3 Å². The van der Waals surface area contributed by atoms with E-state index in [4.69, 9.17) is 0 Å². The zero-order valence-electron chi connectivity index (χ0n) is 12.5. The lowest BCUT2D eigenvalue weighted by molar-refractivity contribution is 0.327. The molecule has 0 aliphatic rings. The van der Waals surface area contributed by atoms with Crippen molar-refractivity contribution in [2.45, 2.75) is 47.2 Å². The largest absolute Gasteiger partial charge is 0.312 e. The minimum atomic E-state index is 0.723. The number of thiophene rings is 1. The Kier molecular flexibility index (Phi) is 6.90. The summed E-state index contributed by atoms with van der Waals surface area (Å²) in [6.45, 7) is 13.3. The van der Waals surface area contributed by atoms with Crippen LogP contribution in [0, 0.1) is 12.8 Å². The summed E-state index contributed by atoms with van der Waals surface area (Å²) in [7, 11) is 2.21. The average Bonchev–Trinajstić information content (AvgIpc) is 2.59. The van der Waals surface area contributed by atoms with E-state index in [0.29, 0.717) is 0 Å². The standard InChI is InChI=1S/C15H28N2S/c1-6-7-17(5)11-14-8-15(18-13(14)4)10-16-9-12(2)3/h8,12,16H,6-7,9-11H2,1-5H3. The molecule has 104 valence electrons. The number of hydrogen-bond donors (Lipinski definition) is 1. The molecule has 0 unspecified atom stereocenters. The van der Waals surface area contributed by atoms with Gasteiger partial charge in [-0.25, -0.2) is 0 Å². The Bertz CT molecular complexity index is 344. The third-order valence-corrected chi connectivity index (χ3v) is 4.06. The number of nitrogens with zero attached hydrogens (tertiary/aromatic N) is 1. The van der Waals surface area contributed by atoms with Gasteiger partial charge in [0.1, 0.15) is 0 Å². The van der Waals surface area contributed by atoms with Crippen LogP contribution in [0.3, 0.4) is 0 Å². The molecule has 1 aromatic heterocycles. The molecule has 0 aliphatic carbocycles. The minimum absolute atomic E-state index is 0.723. The van der Waals surface area contributed by atoms with Crippen molar-refractivity contribution in [1.82, 2.24) is 10.2 Å². The van der Waals surface area contributed by atoms with Crippen LogP contribution >= 0.6 is 11.3 Å². The van der Waals surface area contributed by atoms with Crippen molar-refractivity contribution in [3.8, 4) is 0 Å². The molecule has 1 N–H and O–H groups in total. The number of hydrogen-bond acceptors (Lipinski definition) is 3. The average molecular weight is 268 g/mol. The lowest BCUT2D eigenvalue weighted by Crippen LogP contribution is -2.19. The molecule has 1 rings (SSSR count). The van der Waals surface area contributed by atoms with Crippen LogP contribution in [0.4, 0.5) is 0 Å². The van der Waals surface area contributed by atoms with Crippen molar-refractivity contribution in [1.29, 1.82) is 0 Å². The van der Waals surface area contributed by atoms with Gasteiger partial charge in [-0.2, -0.15) is 0 Å². The fourth-order valence-electron chi connectivity index (χ4n) is 2.07. The van der Waals surface area contributed by atoms with Gasteiger partial charge in [-0.05, 0) is 51.0 Å². The molecule has 1 aromatic rings. The Morgan fingerprint density at radius 3 is 2.72 bits per heavy atom. The first-order valence-electron chi connectivity index (χ1n) is 7.00. The highest BCUT2D eigenvalue weighted by Crippen LogP contribution is 2.22. The van der Waals surface area contributed by atoms with Crippen molar-refractivity contribution in [2.75, 3.05) is 20.1 Å². The van der Waals surface area contributed by atoms with Crippen LogP contribution < -0.4 is 5.32 Å². The van der Waals surface area contributed by atoms with Gasteiger partial charge in [0.25, 0.3) is 0 Å². The molecule has 0 amide bonds. The highest BCUT2D eigenvalue weighted by Gasteiger charge is 2.07. The summed E-state index contributed by atoms with van der Waals surface area (Å²) in [5.41, 5.74) is 1.50. The second-order valence-corrected chi connectivity index (χ2v) is 6.90. The van der Waals surface area contributed by atoms with Crippen LogP contribution in [0.2, 0.25) is 0 Å². The predicted molar refractivity (Wildman–Crippen MR) is 82.2 cm³/mol. The van der Waals surface area contributed by atoms with E-state index in [9.17, 15) is 0 Å². The second-order valence-electron chi connectivity index (χ2n) is 5.56. The topological polar surface area (TPSA) is 15.3 Å². The lowest BCUT2D eigenvalue weighted by Gasteiger charge is -2.14. The Morgan fingerprint density at radius 1 is 1.39 bits per heavy atom. The molecule has 0 aromatic carbocycles. The first kappa shape index (κ1) is 15.7. The van der Waals surface area contributed by atoms with E-state index in [2.05, 4.69) is 51.0 Å². The van der Waals surface area contributed by atoms with E-state index in [0.717, 1.165) is 25.6 Å². The summed E-state index contributed by atoms with van der Waals surface area (Å²) < 4.78 is 0. The van der Waals surface area contributed by atoms with Gasteiger partial charge in [0.15, 0.2) is 0 Å². The molecule has 0 radical (unpaired) electrons. The van der Waals surface area contributed by atoms with Crippen molar-refractivity contribution in [3.63, 3.8) is 0 Å². The second kappa shape index (κ2) is 7.93. The maximum absolute atomic E-state index is 3.52. The van der Waals surface area contributed by atoms with Gasteiger partial charge in [-0.1, -0.05) is 20.8 Å². The summed E-state index contributed by atoms with van der Waals surface area (Å²) in [6.07, 6.45) is 1.22. The first-order valence-corrected chi connectivity index (χ1v) is 7.82. The Morgan fingerprint density at radius 2 is 2.11 bits per heavy atom. The highest BCUT2D eigenvalue weighted by molar-refractivity contribution is 7.12. The quantitative estimate of drug-likeness (QED) is 0.774. The number of nitrogens with one attached hydrogen (secondary N) is 1. The number of aryl methyl sites for hydroxylation is 1. The van der Waals surface area contributed by atoms with Crippen molar-refractivity contribution >= 4 is 11.3 Å². The van der Waals surface area contributed by atoms with E-state index in [1.165, 1.54) is 28.3 Å². The number of rotatable bonds is 8. The minimum Gasteiger partial charge on any atom is -0.312 e. The summed E-state index contributed by atoms with van der Waals surface area (Å²) in [4.78, 5) is 5.34. The molecule has 0 saturated heterocycles. The summed E-state index contributed by atoms with van der Waals surface area (Å²) in [5.74, 6) is 0.723. The molecule has 2 nitrogen and oxygen atoms in total. The summed E-state index contributed by atoms with van der Waals surface area (Å²) in [5, 5.41) is 3.52. The molecule has 1 heterocycles.